The number of unbranched alkanes of at least 4 members (excludes halogenated alkanes) is 1. The molecule has 170 valence electrons. The molecule has 0 heterocycles. The quantitative estimate of drug-likeness (QED) is 0.326. The van der Waals surface area contributed by atoms with Crippen molar-refractivity contribution in [1.29, 1.82) is 0 Å². The van der Waals surface area contributed by atoms with Crippen LogP contribution in [-0.4, -0.2) is 29.3 Å². The van der Waals surface area contributed by atoms with Crippen LogP contribution in [0.1, 0.15) is 52.9 Å². The molecule has 3 rings (SSSR count). The first kappa shape index (κ1) is 25.6. The van der Waals surface area contributed by atoms with E-state index in [0.29, 0.717) is 12.1 Å². The van der Waals surface area contributed by atoms with Crippen molar-refractivity contribution in [2.24, 2.45) is 0 Å². The molecule has 0 radical (unpaired) electrons. The molecule has 3 N–H and O–H groups in total. The predicted molar refractivity (Wildman–Crippen MR) is 133 cm³/mol. The number of carbonyl (C=O) groups is 1. The van der Waals surface area contributed by atoms with Crippen LogP contribution >= 0.6 is 12.4 Å². The number of aryl methyl sites for hydroxylation is 1. The van der Waals surface area contributed by atoms with Crippen LogP contribution in [0.15, 0.2) is 72.8 Å². The molecule has 0 amide bonds. The molecular weight excluding hydrogens is 422 g/mol. The number of rotatable bonds is 11. The zero-order valence-electron chi connectivity index (χ0n) is 18.5. The van der Waals surface area contributed by atoms with Gasteiger partial charge in [0.2, 0.25) is 0 Å². The fourth-order valence-corrected chi connectivity index (χ4v) is 3.70. The molecule has 0 fully saturated rings. The molecule has 0 unspecified atom stereocenters. The molecule has 4 nitrogen and oxygen atoms in total. The SMILES string of the molecule is CCCCc1cc(C(=O)O)ccc1-c1ccc(CCNC[C@@H](O)c2ccccc2)cc1.Cl. The summed E-state index contributed by atoms with van der Waals surface area (Å²) in [4.78, 5) is 11.3. The Bertz CT molecular complexity index is 974. The van der Waals surface area contributed by atoms with Crippen LogP contribution in [0, 0.1) is 0 Å². The van der Waals surface area contributed by atoms with Gasteiger partial charge in [0, 0.05) is 6.54 Å². The van der Waals surface area contributed by atoms with Crippen molar-refractivity contribution in [2.75, 3.05) is 13.1 Å². The number of nitrogens with one attached hydrogen (secondary N) is 1. The third kappa shape index (κ3) is 7.20. The van der Waals surface area contributed by atoms with Crippen LogP contribution in [-0.2, 0) is 12.8 Å². The highest BCUT2D eigenvalue weighted by Gasteiger charge is 2.10. The average molecular weight is 454 g/mol. The fourth-order valence-electron chi connectivity index (χ4n) is 3.70. The molecule has 3 aromatic carbocycles. The Morgan fingerprint density at radius 2 is 1.69 bits per heavy atom. The van der Waals surface area contributed by atoms with E-state index in [0.717, 1.165) is 54.5 Å². The minimum Gasteiger partial charge on any atom is -0.478 e. The van der Waals surface area contributed by atoms with Crippen molar-refractivity contribution in [3.8, 4) is 11.1 Å². The summed E-state index contributed by atoms with van der Waals surface area (Å²) in [6.07, 6.45) is 3.36. The Labute approximate surface area is 196 Å². The van der Waals surface area contributed by atoms with E-state index in [4.69, 9.17) is 0 Å². The third-order valence-electron chi connectivity index (χ3n) is 5.53. The van der Waals surface area contributed by atoms with Gasteiger partial charge in [0.1, 0.15) is 0 Å². The number of carboxylic acids is 1. The van der Waals surface area contributed by atoms with Crippen molar-refractivity contribution in [3.05, 3.63) is 95.1 Å². The van der Waals surface area contributed by atoms with Gasteiger partial charge in [-0.15, -0.1) is 12.4 Å². The van der Waals surface area contributed by atoms with Gasteiger partial charge in [-0.2, -0.15) is 0 Å². The van der Waals surface area contributed by atoms with Crippen molar-refractivity contribution < 1.29 is 15.0 Å². The lowest BCUT2D eigenvalue weighted by molar-refractivity contribution is 0.0696. The standard InChI is InChI=1S/C27H31NO3.ClH/c1-2-3-7-23-18-24(27(30)31)14-15-25(23)21-12-10-20(11-13-21)16-17-28-19-26(29)22-8-5-4-6-9-22;/h4-6,8-15,18,26,28-29H,2-3,7,16-17,19H2,1H3,(H,30,31);1H/t26-;/m1./s1. The van der Waals surface area contributed by atoms with Gasteiger partial charge in [-0.1, -0.05) is 74.0 Å². The van der Waals surface area contributed by atoms with Gasteiger partial charge in [-0.05, 0) is 65.8 Å². The summed E-state index contributed by atoms with van der Waals surface area (Å²) < 4.78 is 0. The molecule has 5 heteroatoms. The molecular formula is C27H32ClNO3. The number of halogens is 1. The van der Waals surface area contributed by atoms with E-state index >= 15 is 0 Å². The number of hydrogen-bond donors (Lipinski definition) is 3. The zero-order valence-corrected chi connectivity index (χ0v) is 19.3. The van der Waals surface area contributed by atoms with Crippen LogP contribution < -0.4 is 5.32 Å². The number of aliphatic hydroxyl groups is 1. The van der Waals surface area contributed by atoms with E-state index in [1.165, 1.54) is 5.56 Å². The first-order chi connectivity index (χ1) is 15.1. The van der Waals surface area contributed by atoms with Crippen molar-refractivity contribution in [2.45, 2.75) is 38.7 Å². The highest BCUT2D eigenvalue weighted by atomic mass is 35.5. The molecule has 0 bridgehead atoms. The van der Waals surface area contributed by atoms with Gasteiger partial charge in [-0.3, -0.25) is 0 Å². The van der Waals surface area contributed by atoms with E-state index in [1.54, 1.807) is 6.07 Å². The van der Waals surface area contributed by atoms with Gasteiger partial charge in [0.25, 0.3) is 0 Å². The van der Waals surface area contributed by atoms with Gasteiger partial charge in [0.05, 0.1) is 11.7 Å². The summed E-state index contributed by atoms with van der Waals surface area (Å²) in [5.41, 5.74) is 5.80. The fraction of sp³-hybridized carbons (Fsp3) is 0.296. The van der Waals surface area contributed by atoms with E-state index in [1.807, 2.05) is 42.5 Å². The van der Waals surface area contributed by atoms with Crippen molar-refractivity contribution in [1.82, 2.24) is 5.32 Å². The lowest BCUT2D eigenvalue weighted by Gasteiger charge is -2.13. The highest BCUT2D eigenvalue weighted by molar-refractivity contribution is 5.89. The molecule has 0 aliphatic carbocycles. The molecule has 3 aromatic rings. The Balaban J connectivity index is 0.00000363. The molecule has 0 aliphatic rings. The number of hydrogen-bond acceptors (Lipinski definition) is 3. The van der Waals surface area contributed by atoms with Crippen LogP contribution in [0.4, 0.5) is 0 Å². The van der Waals surface area contributed by atoms with E-state index in [9.17, 15) is 15.0 Å². The summed E-state index contributed by atoms with van der Waals surface area (Å²) >= 11 is 0. The minimum absolute atomic E-state index is 0. The lowest BCUT2D eigenvalue weighted by Crippen LogP contribution is -2.23. The molecule has 0 saturated heterocycles. The van der Waals surface area contributed by atoms with Gasteiger partial charge in [-0.25, -0.2) is 4.79 Å². The van der Waals surface area contributed by atoms with E-state index in [2.05, 4.69) is 36.5 Å². The zero-order chi connectivity index (χ0) is 22.1. The number of aromatic carboxylic acids is 1. The normalized spacial score (nSPS) is 11.6. The molecule has 1 atom stereocenters. The Hall–Kier alpha value is -2.66. The predicted octanol–water partition coefficient (Wildman–Crippen LogP) is 5.68. The third-order valence-corrected chi connectivity index (χ3v) is 5.53. The molecule has 0 aliphatic heterocycles. The second kappa shape index (κ2) is 13.0. The monoisotopic (exact) mass is 453 g/mol. The van der Waals surface area contributed by atoms with Crippen LogP contribution in [0.5, 0.6) is 0 Å². The summed E-state index contributed by atoms with van der Waals surface area (Å²) in [5, 5.41) is 22.9. The second-order valence-corrected chi connectivity index (χ2v) is 7.86. The van der Waals surface area contributed by atoms with Crippen molar-refractivity contribution >= 4 is 18.4 Å². The van der Waals surface area contributed by atoms with E-state index in [-0.39, 0.29) is 12.4 Å². The number of aliphatic hydroxyl groups excluding tert-OH is 1. The first-order valence-corrected chi connectivity index (χ1v) is 11.0. The molecule has 32 heavy (non-hydrogen) atoms. The maximum Gasteiger partial charge on any atom is 0.335 e. The molecule has 0 spiro atoms. The van der Waals surface area contributed by atoms with Crippen LogP contribution in [0.3, 0.4) is 0 Å². The smallest absolute Gasteiger partial charge is 0.335 e. The number of benzene rings is 3. The summed E-state index contributed by atoms with van der Waals surface area (Å²) in [6.45, 7) is 3.46. The molecule has 0 saturated carbocycles. The molecule has 0 aromatic heterocycles. The maximum absolute atomic E-state index is 11.3. The van der Waals surface area contributed by atoms with Crippen molar-refractivity contribution in [3.63, 3.8) is 0 Å². The topological polar surface area (TPSA) is 69.6 Å². The van der Waals surface area contributed by atoms with Gasteiger partial charge in [0.15, 0.2) is 0 Å². The maximum atomic E-state index is 11.3. The summed E-state index contributed by atoms with van der Waals surface area (Å²) in [6, 6.07) is 23.6. The first-order valence-electron chi connectivity index (χ1n) is 11.0. The Kier molecular flexibility index (Phi) is 10.4. The lowest BCUT2D eigenvalue weighted by atomic mass is 9.93. The van der Waals surface area contributed by atoms with Crippen LogP contribution in [0.2, 0.25) is 0 Å². The van der Waals surface area contributed by atoms with Gasteiger partial charge >= 0.3 is 5.97 Å². The van der Waals surface area contributed by atoms with Gasteiger partial charge < -0.3 is 15.5 Å². The van der Waals surface area contributed by atoms with Crippen LogP contribution in [0.25, 0.3) is 11.1 Å². The summed E-state index contributed by atoms with van der Waals surface area (Å²) in [7, 11) is 0. The Morgan fingerprint density at radius 1 is 0.969 bits per heavy atom. The minimum atomic E-state index is -0.885. The Morgan fingerprint density at radius 3 is 2.34 bits per heavy atom. The largest absolute Gasteiger partial charge is 0.478 e. The second-order valence-electron chi connectivity index (χ2n) is 7.86. The average Bonchev–Trinajstić information content (AvgIpc) is 2.81. The highest BCUT2D eigenvalue weighted by Crippen LogP contribution is 2.27. The summed E-state index contributed by atoms with van der Waals surface area (Å²) in [5.74, 6) is -0.885. The number of carboxylic acid groups (broad SMARTS) is 1. The van der Waals surface area contributed by atoms with E-state index < -0.39 is 12.1 Å².